The molecule has 7 heteroatoms. The molecule has 0 aliphatic heterocycles. The fourth-order valence-corrected chi connectivity index (χ4v) is 1.23. The number of nitrogens with two attached hydrogens (primary N) is 1. The van der Waals surface area contributed by atoms with E-state index in [2.05, 4.69) is 15.8 Å². The summed E-state index contributed by atoms with van der Waals surface area (Å²) in [6, 6.07) is 4.70. The van der Waals surface area contributed by atoms with Crippen LogP contribution in [0.3, 0.4) is 0 Å². The third kappa shape index (κ3) is 4.20. The number of anilines is 1. The van der Waals surface area contributed by atoms with Gasteiger partial charge in [0.25, 0.3) is 0 Å². The van der Waals surface area contributed by atoms with E-state index in [4.69, 9.17) is 22.5 Å². The quantitative estimate of drug-likeness (QED) is 0.285. The van der Waals surface area contributed by atoms with Gasteiger partial charge in [-0.25, -0.2) is 4.79 Å². The first kappa shape index (κ1) is 13.1. The molecule has 0 aromatic heterocycles. The minimum Gasteiger partial charge on any atom is -0.409 e. The summed E-state index contributed by atoms with van der Waals surface area (Å²) in [5.41, 5.74) is 6.69. The van der Waals surface area contributed by atoms with Crippen LogP contribution in [0.4, 0.5) is 10.5 Å². The second-order valence-electron chi connectivity index (χ2n) is 3.36. The summed E-state index contributed by atoms with van der Waals surface area (Å²) in [6.45, 7) is 1.83. The van der Waals surface area contributed by atoms with Gasteiger partial charge >= 0.3 is 6.03 Å². The molecule has 0 bridgehead atoms. The first-order valence-corrected chi connectivity index (χ1v) is 5.18. The van der Waals surface area contributed by atoms with E-state index < -0.39 is 6.03 Å². The molecular formula is C10H13ClN4O2. The van der Waals surface area contributed by atoms with Gasteiger partial charge in [0.05, 0.1) is 6.54 Å². The monoisotopic (exact) mass is 256 g/mol. The molecule has 2 amide bonds. The lowest BCUT2D eigenvalue weighted by atomic mass is 10.2. The zero-order valence-electron chi connectivity index (χ0n) is 9.20. The number of amides is 2. The van der Waals surface area contributed by atoms with Crippen molar-refractivity contribution in [3.05, 3.63) is 28.8 Å². The van der Waals surface area contributed by atoms with Crippen LogP contribution in [-0.4, -0.2) is 23.6 Å². The topological polar surface area (TPSA) is 99.7 Å². The Morgan fingerprint density at radius 1 is 1.59 bits per heavy atom. The van der Waals surface area contributed by atoms with Gasteiger partial charge in [-0.1, -0.05) is 22.8 Å². The van der Waals surface area contributed by atoms with E-state index >= 15 is 0 Å². The Balaban J connectivity index is 2.53. The van der Waals surface area contributed by atoms with Crippen molar-refractivity contribution in [1.29, 1.82) is 0 Å². The van der Waals surface area contributed by atoms with Gasteiger partial charge in [0.2, 0.25) is 0 Å². The van der Waals surface area contributed by atoms with E-state index in [-0.39, 0.29) is 12.4 Å². The number of carbonyl (C=O) groups excluding carboxylic acids is 1. The van der Waals surface area contributed by atoms with Crippen LogP contribution in [0.25, 0.3) is 0 Å². The third-order valence-corrected chi connectivity index (χ3v) is 2.40. The number of oxime groups is 1. The van der Waals surface area contributed by atoms with Crippen molar-refractivity contribution < 1.29 is 10.0 Å². The van der Waals surface area contributed by atoms with E-state index in [9.17, 15) is 4.79 Å². The smallest absolute Gasteiger partial charge is 0.319 e. The average Bonchev–Trinajstić information content (AvgIpc) is 2.31. The molecule has 0 saturated carbocycles. The Labute approximate surface area is 103 Å². The molecule has 0 radical (unpaired) electrons. The second kappa shape index (κ2) is 5.95. The van der Waals surface area contributed by atoms with Gasteiger partial charge < -0.3 is 21.6 Å². The fraction of sp³-hybridized carbons (Fsp3) is 0.200. The molecule has 0 fully saturated rings. The van der Waals surface area contributed by atoms with Crippen molar-refractivity contribution in [2.24, 2.45) is 10.9 Å². The van der Waals surface area contributed by atoms with E-state index in [1.54, 1.807) is 18.2 Å². The summed E-state index contributed by atoms with van der Waals surface area (Å²) < 4.78 is 0. The number of hydrogen-bond donors (Lipinski definition) is 4. The predicted molar refractivity (Wildman–Crippen MR) is 66.6 cm³/mol. The Morgan fingerprint density at radius 2 is 2.29 bits per heavy atom. The van der Waals surface area contributed by atoms with Crippen LogP contribution >= 0.6 is 11.6 Å². The van der Waals surface area contributed by atoms with E-state index in [1.165, 1.54) is 0 Å². The maximum atomic E-state index is 11.4. The number of nitrogens with zero attached hydrogens (tertiary/aromatic N) is 1. The lowest BCUT2D eigenvalue weighted by Gasteiger charge is -2.07. The van der Waals surface area contributed by atoms with Crippen molar-refractivity contribution >= 4 is 29.2 Å². The number of aryl methyl sites for hydroxylation is 1. The summed E-state index contributed by atoms with van der Waals surface area (Å²) in [7, 11) is 0. The largest absolute Gasteiger partial charge is 0.409 e. The molecule has 6 nitrogen and oxygen atoms in total. The molecule has 0 spiro atoms. The number of nitrogens with one attached hydrogen (secondary N) is 2. The van der Waals surface area contributed by atoms with Gasteiger partial charge in [-0.05, 0) is 24.6 Å². The highest BCUT2D eigenvalue weighted by atomic mass is 35.5. The van der Waals surface area contributed by atoms with Gasteiger partial charge in [0.1, 0.15) is 0 Å². The highest BCUT2D eigenvalue weighted by molar-refractivity contribution is 6.31. The minimum absolute atomic E-state index is 0.0398. The lowest BCUT2D eigenvalue weighted by Crippen LogP contribution is -2.36. The van der Waals surface area contributed by atoms with Gasteiger partial charge in [-0.15, -0.1) is 0 Å². The van der Waals surface area contributed by atoms with Crippen LogP contribution in [0.5, 0.6) is 0 Å². The van der Waals surface area contributed by atoms with E-state index in [0.29, 0.717) is 10.7 Å². The molecule has 1 rings (SSSR count). The first-order chi connectivity index (χ1) is 8.02. The number of rotatable bonds is 3. The molecular weight excluding hydrogens is 244 g/mol. The van der Waals surface area contributed by atoms with Gasteiger partial charge in [0, 0.05) is 10.7 Å². The molecule has 0 unspecified atom stereocenters. The number of benzene rings is 1. The Kier molecular flexibility index (Phi) is 4.59. The minimum atomic E-state index is -0.462. The Morgan fingerprint density at radius 3 is 2.88 bits per heavy atom. The molecule has 0 saturated heterocycles. The Hall–Kier alpha value is -1.95. The van der Waals surface area contributed by atoms with Gasteiger partial charge in [0.15, 0.2) is 5.84 Å². The fourth-order valence-electron chi connectivity index (χ4n) is 1.05. The number of halogens is 1. The molecule has 1 aromatic carbocycles. The lowest BCUT2D eigenvalue weighted by molar-refractivity contribution is 0.253. The number of amidine groups is 1. The van der Waals surface area contributed by atoms with Gasteiger partial charge in [-0.2, -0.15) is 0 Å². The van der Waals surface area contributed by atoms with Crippen molar-refractivity contribution in [1.82, 2.24) is 5.32 Å². The average molecular weight is 257 g/mol. The van der Waals surface area contributed by atoms with Crippen molar-refractivity contribution in [3.8, 4) is 0 Å². The molecule has 0 aliphatic carbocycles. The first-order valence-electron chi connectivity index (χ1n) is 4.80. The molecule has 1 aromatic rings. The predicted octanol–water partition coefficient (Wildman–Crippen LogP) is 1.52. The highest BCUT2D eigenvalue weighted by Gasteiger charge is 2.03. The van der Waals surface area contributed by atoms with Crippen LogP contribution in [0.15, 0.2) is 23.4 Å². The highest BCUT2D eigenvalue weighted by Crippen LogP contribution is 2.19. The van der Waals surface area contributed by atoms with Crippen molar-refractivity contribution in [3.63, 3.8) is 0 Å². The Bertz CT molecular complexity index is 448. The van der Waals surface area contributed by atoms with Crippen LogP contribution in [0, 0.1) is 6.92 Å². The maximum Gasteiger partial charge on any atom is 0.319 e. The summed E-state index contributed by atoms with van der Waals surface area (Å²) >= 11 is 5.90. The van der Waals surface area contributed by atoms with Crippen LogP contribution in [0.2, 0.25) is 5.02 Å². The maximum absolute atomic E-state index is 11.4. The molecule has 0 atom stereocenters. The number of carbonyl (C=O) groups is 1. The number of urea groups is 1. The summed E-state index contributed by atoms with van der Waals surface area (Å²) in [6.07, 6.45) is 0. The summed E-state index contributed by atoms with van der Waals surface area (Å²) in [5, 5.41) is 16.5. The molecule has 92 valence electrons. The standard InChI is InChI=1S/C10H13ClN4O2/c1-6-2-3-7(4-8(6)11)14-10(16)13-5-9(12)15-17/h2-4,17H,5H2,1H3,(H2,12,15)(H2,13,14,16). The summed E-state index contributed by atoms with van der Waals surface area (Å²) in [4.78, 5) is 11.4. The third-order valence-electron chi connectivity index (χ3n) is 1.99. The van der Waals surface area contributed by atoms with Crippen LogP contribution < -0.4 is 16.4 Å². The number of hydrogen-bond acceptors (Lipinski definition) is 3. The summed E-state index contributed by atoms with van der Waals surface area (Å²) in [5.74, 6) is -0.0814. The molecule has 0 aliphatic rings. The van der Waals surface area contributed by atoms with Crippen LogP contribution in [-0.2, 0) is 0 Å². The van der Waals surface area contributed by atoms with Crippen LogP contribution in [0.1, 0.15) is 5.56 Å². The second-order valence-corrected chi connectivity index (χ2v) is 3.77. The SMILES string of the molecule is Cc1ccc(NC(=O)NC/C(N)=N/O)cc1Cl. The molecule has 17 heavy (non-hydrogen) atoms. The van der Waals surface area contributed by atoms with E-state index in [1.807, 2.05) is 6.92 Å². The van der Waals surface area contributed by atoms with Crippen molar-refractivity contribution in [2.75, 3.05) is 11.9 Å². The van der Waals surface area contributed by atoms with Gasteiger partial charge in [-0.3, -0.25) is 0 Å². The van der Waals surface area contributed by atoms with Crippen molar-refractivity contribution in [2.45, 2.75) is 6.92 Å². The van der Waals surface area contributed by atoms with E-state index in [0.717, 1.165) is 5.56 Å². The molecule has 5 N–H and O–H groups in total. The zero-order valence-corrected chi connectivity index (χ0v) is 9.95. The normalized spacial score (nSPS) is 11.1. The zero-order chi connectivity index (χ0) is 12.8. The molecule has 0 heterocycles.